The lowest BCUT2D eigenvalue weighted by Gasteiger charge is -2.27. The molecule has 0 amide bonds. The van der Waals surface area contributed by atoms with Gasteiger partial charge in [0.15, 0.2) is 11.6 Å². The topological polar surface area (TPSA) is 53.5 Å². The van der Waals surface area contributed by atoms with Crippen LogP contribution in [0.3, 0.4) is 0 Å². The second-order valence-corrected chi connectivity index (χ2v) is 4.99. The standard InChI is InChI=1S/C13H23N5O/c1-14-12-11(19-4)13(16-9-15-12)18(3)8-10-6-5-7-17(10)2/h9-10H,5-8H2,1-4H3,(H,14,15,16). The molecule has 1 aromatic rings. The van der Waals surface area contributed by atoms with E-state index in [0.717, 1.165) is 18.2 Å². The van der Waals surface area contributed by atoms with Crippen LogP contribution >= 0.6 is 0 Å². The summed E-state index contributed by atoms with van der Waals surface area (Å²) in [6, 6.07) is 0.586. The summed E-state index contributed by atoms with van der Waals surface area (Å²) in [5.41, 5.74) is 0. The number of aromatic nitrogens is 2. The van der Waals surface area contributed by atoms with Gasteiger partial charge >= 0.3 is 0 Å². The predicted octanol–water partition coefficient (Wildman–Crippen LogP) is 1.06. The highest BCUT2D eigenvalue weighted by Crippen LogP contribution is 2.31. The van der Waals surface area contributed by atoms with Crippen LogP contribution in [0.2, 0.25) is 0 Å². The lowest BCUT2D eigenvalue weighted by Crippen LogP contribution is -2.37. The van der Waals surface area contributed by atoms with Gasteiger partial charge in [-0.05, 0) is 26.4 Å². The third-order valence-electron chi connectivity index (χ3n) is 3.74. The Morgan fingerprint density at radius 2 is 2.32 bits per heavy atom. The molecule has 1 saturated heterocycles. The van der Waals surface area contributed by atoms with Crippen molar-refractivity contribution in [3.63, 3.8) is 0 Å². The van der Waals surface area contributed by atoms with Crippen LogP contribution in [-0.2, 0) is 0 Å². The van der Waals surface area contributed by atoms with E-state index in [1.807, 2.05) is 7.05 Å². The van der Waals surface area contributed by atoms with Gasteiger partial charge in [0.1, 0.15) is 6.33 Å². The molecule has 1 N–H and O–H groups in total. The molecule has 0 spiro atoms. The number of methoxy groups -OCH3 is 1. The van der Waals surface area contributed by atoms with Crippen LogP contribution in [-0.4, -0.2) is 62.3 Å². The van der Waals surface area contributed by atoms with Gasteiger partial charge in [0.25, 0.3) is 0 Å². The summed E-state index contributed by atoms with van der Waals surface area (Å²) in [5, 5.41) is 3.03. The Labute approximate surface area is 114 Å². The first-order valence-electron chi connectivity index (χ1n) is 6.65. The maximum Gasteiger partial charge on any atom is 0.204 e. The predicted molar refractivity (Wildman–Crippen MR) is 77.1 cm³/mol. The number of nitrogens with zero attached hydrogens (tertiary/aromatic N) is 4. The van der Waals surface area contributed by atoms with Crippen molar-refractivity contribution >= 4 is 11.6 Å². The number of rotatable bonds is 5. The third-order valence-corrected chi connectivity index (χ3v) is 3.74. The quantitative estimate of drug-likeness (QED) is 0.859. The molecular weight excluding hydrogens is 242 g/mol. The molecule has 0 aliphatic carbocycles. The van der Waals surface area contributed by atoms with Crippen molar-refractivity contribution < 1.29 is 4.74 Å². The zero-order chi connectivity index (χ0) is 13.8. The lowest BCUT2D eigenvalue weighted by atomic mass is 10.2. The van der Waals surface area contributed by atoms with Gasteiger partial charge in [-0.2, -0.15) is 0 Å². The minimum atomic E-state index is 0.586. The molecule has 0 saturated carbocycles. The first kappa shape index (κ1) is 13.9. The van der Waals surface area contributed by atoms with Gasteiger partial charge in [-0.15, -0.1) is 0 Å². The van der Waals surface area contributed by atoms with Crippen LogP contribution in [0.15, 0.2) is 6.33 Å². The highest BCUT2D eigenvalue weighted by atomic mass is 16.5. The molecule has 2 heterocycles. The fraction of sp³-hybridized carbons (Fsp3) is 0.692. The van der Waals surface area contributed by atoms with Gasteiger partial charge in [0, 0.05) is 26.7 Å². The van der Waals surface area contributed by atoms with Gasteiger partial charge in [-0.1, -0.05) is 0 Å². The van der Waals surface area contributed by atoms with Gasteiger partial charge in [0.2, 0.25) is 5.75 Å². The molecule has 1 unspecified atom stereocenters. The number of ether oxygens (including phenoxy) is 1. The van der Waals surface area contributed by atoms with Crippen LogP contribution in [0.25, 0.3) is 0 Å². The maximum atomic E-state index is 5.44. The van der Waals surface area contributed by atoms with Gasteiger partial charge in [-0.25, -0.2) is 9.97 Å². The van der Waals surface area contributed by atoms with Crippen molar-refractivity contribution in [3.8, 4) is 5.75 Å². The van der Waals surface area contributed by atoms with E-state index in [9.17, 15) is 0 Å². The zero-order valence-electron chi connectivity index (χ0n) is 12.2. The molecule has 106 valence electrons. The van der Waals surface area contributed by atoms with Crippen molar-refractivity contribution in [2.45, 2.75) is 18.9 Å². The molecule has 2 rings (SSSR count). The fourth-order valence-corrected chi connectivity index (χ4v) is 2.61. The molecule has 1 aliphatic rings. The van der Waals surface area contributed by atoms with Crippen LogP contribution in [0.1, 0.15) is 12.8 Å². The Kier molecular flexibility index (Phi) is 4.42. The van der Waals surface area contributed by atoms with E-state index in [4.69, 9.17) is 4.74 Å². The monoisotopic (exact) mass is 265 g/mol. The molecule has 19 heavy (non-hydrogen) atoms. The Morgan fingerprint density at radius 3 is 2.89 bits per heavy atom. The van der Waals surface area contributed by atoms with Crippen molar-refractivity contribution in [1.82, 2.24) is 14.9 Å². The second-order valence-electron chi connectivity index (χ2n) is 4.99. The lowest BCUT2D eigenvalue weighted by molar-refractivity contribution is 0.313. The van der Waals surface area contributed by atoms with E-state index < -0.39 is 0 Å². The number of anilines is 2. The smallest absolute Gasteiger partial charge is 0.204 e. The van der Waals surface area contributed by atoms with Crippen molar-refractivity contribution in [2.24, 2.45) is 0 Å². The van der Waals surface area contributed by atoms with Crippen LogP contribution in [0, 0.1) is 0 Å². The minimum Gasteiger partial charge on any atom is -0.490 e. The van der Waals surface area contributed by atoms with E-state index in [0.29, 0.717) is 11.8 Å². The fourth-order valence-electron chi connectivity index (χ4n) is 2.61. The molecular formula is C13H23N5O. The van der Waals surface area contributed by atoms with Crippen LogP contribution < -0.4 is 15.0 Å². The van der Waals surface area contributed by atoms with Gasteiger partial charge in [0.05, 0.1) is 7.11 Å². The first-order valence-corrected chi connectivity index (χ1v) is 6.65. The summed E-state index contributed by atoms with van der Waals surface area (Å²) in [7, 11) is 7.72. The number of nitrogens with one attached hydrogen (secondary N) is 1. The molecule has 0 bridgehead atoms. The summed E-state index contributed by atoms with van der Waals surface area (Å²) >= 11 is 0. The Balaban J connectivity index is 2.16. The molecule has 0 aromatic carbocycles. The van der Waals surface area contributed by atoms with Crippen molar-refractivity contribution in [1.29, 1.82) is 0 Å². The van der Waals surface area contributed by atoms with Crippen molar-refractivity contribution in [3.05, 3.63) is 6.33 Å². The van der Waals surface area contributed by atoms with E-state index in [2.05, 4.69) is 39.2 Å². The normalized spacial score (nSPS) is 19.5. The van der Waals surface area contributed by atoms with E-state index in [1.54, 1.807) is 13.4 Å². The molecule has 6 nitrogen and oxygen atoms in total. The maximum absolute atomic E-state index is 5.44. The van der Waals surface area contributed by atoms with Gasteiger partial charge < -0.3 is 19.9 Å². The molecule has 0 radical (unpaired) electrons. The Bertz CT molecular complexity index is 425. The number of likely N-dealkylation sites (N-methyl/N-ethyl adjacent to an activating group) is 2. The third kappa shape index (κ3) is 2.89. The first-order chi connectivity index (χ1) is 9.17. The Hall–Kier alpha value is -1.56. The average Bonchev–Trinajstić information content (AvgIpc) is 2.83. The summed E-state index contributed by atoms with van der Waals surface area (Å²) in [5.74, 6) is 2.26. The summed E-state index contributed by atoms with van der Waals surface area (Å²) in [4.78, 5) is 13.1. The second kappa shape index (κ2) is 6.06. The van der Waals surface area contributed by atoms with Crippen LogP contribution in [0.4, 0.5) is 11.6 Å². The minimum absolute atomic E-state index is 0.586. The molecule has 1 atom stereocenters. The average molecular weight is 265 g/mol. The highest BCUT2D eigenvalue weighted by Gasteiger charge is 2.24. The number of hydrogen-bond donors (Lipinski definition) is 1. The van der Waals surface area contributed by atoms with E-state index >= 15 is 0 Å². The SMILES string of the molecule is CNc1ncnc(N(C)CC2CCCN2C)c1OC. The molecule has 1 fully saturated rings. The zero-order valence-corrected chi connectivity index (χ0v) is 12.2. The molecule has 1 aromatic heterocycles. The van der Waals surface area contributed by atoms with E-state index in [1.165, 1.54) is 19.4 Å². The van der Waals surface area contributed by atoms with Gasteiger partial charge in [-0.3, -0.25) is 0 Å². The largest absolute Gasteiger partial charge is 0.490 e. The van der Waals surface area contributed by atoms with Crippen molar-refractivity contribution in [2.75, 3.05) is 51.6 Å². The van der Waals surface area contributed by atoms with Crippen LogP contribution in [0.5, 0.6) is 5.75 Å². The number of hydrogen-bond acceptors (Lipinski definition) is 6. The summed E-state index contributed by atoms with van der Waals surface area (Å²) in [6.45, 7) is 2.13. The number of likely N-dealkylation sites (tertiary alicyclic amines) is 1. The highest BCUT2D eigenvalue weighted by molar-refractivity contribution is 5.64. The molecule has 6 heteroatoms. The Morgan fingerprint density at radius 1 is 1.53 bits per heavy atom. The summed E-state index contributed by atoms with van der Waals surface area (Å²) < 4.78 is 5.44. The van der Waals surface area contributed by atoms with E-state index in [-0.39, 0.29) is 0 Å². The summed E-state index contributed by atoms with van der Waals surface area (Å²) in [6.07, 6.45) is 4.09. The molecule has 1 aliphatic heterocycles.